The molecule has 0 aliphatic carbocycles. The normalized spacial score (nSPS) is 12.8. The van der Waals surface area contributed by atoms with Gasteiger partial charge in [0.25, 0.3) is 0 Å². The van der Waals surface area contributed by atoms with Crippen molar-refractivity contribution in [1.82, 2.24) is 10.2 Å². The molecule has 0 saturated heterocycles. The maximum Gasteiger partial charge on any atom is 0.0672 e. The standard InChI is InChI=1S/C12H18N4O/c1-3-9(7-17-2)15-12-5-11-8(4-10(12)13)6-14-16-11/h4-6,9,15H,3,7,13H2,1-2H3,(H,14,16). The summed E-state index contributed by atoms with van der Waals surface area (Å²) in [5.41, 5.74) is 8.63. The van der Waals surface area contributed by atoms with Crippen LogP contribution in [0.2, 0.25) is 0 Å². The molecule has 0 saturated carbocycles. The molecule has 1 atom stereocenters. The smallest absolute Gasteiger partial charge is 0.0672 e. The van der Waals surface area contributed by atoms with Gasteiger partial charge >= 0.3 is 0 Å². The molecular weight excluding hydrogens is 216 g/mol. The topological polar surface area (TPSA) is 76.0 Å². The number of H-pyrrole nitrogens is 1. The molecule has 5 heteroatoms. The van der Waals surface area contributed by atoms with E-state index in [1.165, 1.54) is 0 Å². The van der Waals surface area contributed by atoms with Crippen LogP contribution in [0.3, 0.4) is 0 Å². The van der Waals surface area contributed by atoms with Gasteiger partial charge in [-0.15, -0.1) is 0 Å². The number of anilines is 2. The molecule has 92 valence electrons. The van der Waals surface area contributed by atoms with Crippen LogP contribution in [0, 0.1) is 0 Å². The predicted molar refractivity (Wildman–Crippen MR) is 70.1 cm³/mol. The summed E-state index contributed by atoms with van der Waals surface area (Å²) in [6.07, 6.45) is 2.75. The molecule has 4 N–H and O–H groups in total. The van der Waals surface area contributed by atoms with Crippen molar-refractivity contribution in [2.45, 2.75) is 19.4 Å². The molecule has 1 unspecified atom stereocenters. The largest absolute Gasteiger partial charge is 0.397 e. The van der Waals surface area contributed by atoms with Gasteiger partial charge in [-0.1, -0.05) is 6.92 Å². The molecule has 2 rings (SSSR count). The highest BCUT2D eigenvalue weighted by molar-refractivity contribution is 5.88. The number of hydrogen-bond donors (Lipinski definition) is 3. The summed E-state index contributed by atoms with van der Waals surface area (Å²) >= 11 is 0. The van der Waals surface area contributed by atoms with Crippen molar-refractivity contribution in [2.24, 2.45) is 0 Å². The van der Waals surface area contributed by atoms with Gasteiger partial charge in [-0.05, 0) is 18.6 Å². The molecule has 0 spiro atoms. The third kappa shape index (κ3) is 2.50. The maximum absolute atomic E-state index is 6.00. The van der Waals surface area contributed by atoms with Crippen LogP contribution in [-0.4, -0.2) is 30.0 Å². The summed E-state index contributed by atoms with van der Waals surface area (Å²) in [7, 11) is 1.70. The van der Waals surface area contributed by atoms with Crippen LogP contribution >= 0.6 is 0 Å². The zero-order valence-electron chi connectivity index (χ0n) is 10.2. The second-order valence-corrected chi connectivity index (χ2v) is 4.10. The first kappa shape index (κ1) is 11.7. The zero-order chi connectivity index (χ0) is 12.3. The number of nitrogen functional groups attached to an aromatic ring is 1. The zero-order valence-corrected chi connectivity index (χ0v) is 10.2. The Labute approximate surface area is 100 Å². The van der Waals surface area contributed by atoms with Crippen molar-refractivity contribution in [1.29, 1.82) is 0 Å². The van der Waals surface area contributed by atoms with E-state index < -0.39 is 0 Å². The fourth-order valence-electron chi connectivity index (χ4n) is 1.82. The van der Waals surface area contributed by atoms with Gasteiger partial charge in [-0.25, -0.2) is 0 Å². The van der Waals surface area contributed by atoms with Crippen LogP contribution in [0.5, 0.6) is 0 Å². The van der Waals surface area contributed by atoms with Crippen LogP contribution in [0.4, 0.5) is 11.4 Å². The van der Waals surface area contributed by atoms with Gasteiger partial charge in [0.15, 0.2) is 0 Å². The fourth-order valence-corrected chi connectivity index (χ4v) is 1.82. The molecule has 1 heterocycles. The molecular formula is C12H18N4O. The monoisotopic (exact) mass is 234 g/mol. The third-order valence-corrected chi connectivity index (χ3v) is 2.83. The molecule has 1 aromatic heterocycles. The number of ether oxygens (including phenoxy) is 1. The lowest BCUT2D eigenvalue weighted by atomic mass is 10.1. The molecule has 0 bridgehead atoms. The Bertz CT molecular complexity index is 494. The average molecular weight is 234 g/mol. The van der Waals surface area contributed by atoms with Crippen molar-refractivity contribution in [3.05, 3.63) is 18.3 Å². The van der Waals surface area contributed by atoms with Gasteiger partial charge in [-0.3, -0.25) is 5.10 Å². The number of rotatable bonds is 5. The number of aromatic amines is 1. The Morgan fingerprint density at radius 1 is 1.53 bits per heavy atom. The van der Waals surface area contributed by atoms with E-state index in [9.17, 15) is 0 Å². The highest BCUT2D eigenvalue weighted by atomic mass is 16.5. The number of aromatic nitrogens is 2. The Balaban J connectivity index is 2.24. The second-order valence-electron chi connectivity index (χ2n) is 4.10. The predicted octanol–water partition coefficient (Wildman–Crippen LogP) is 1.98. The molecule has 5 nitrogen and oxygen atoms in total. The first-order valence-corrected chi connectivity index (χ1v) is 5.72. The molecule has 0 amide bonds. The number of hydrogen-bond acceptors (Lipinski definition) is 4. The molecule has 0 fully saturated rings. The lowest BCUT2D eigenvalue weighted by Gasteiger charge is -2.18. The number of fused-ring (bicyclic) bond motifs is 1. The first-order valence-electron chi connectivity index (χ1n) is 5.72. The van der Waals surface area contributed by atoms with E-state index in [-0.39, 0.29) is 6.04 Å². The summed E-state index contributed by atoms with van der Waals surface area (Å²) in [5, 5.41) is 11.3. The van der Waals surface area contributed by atoms with E-state index in [4.69, 9.17) is 10.5 Å². The van der Waals surface area contributed by atoms with Gasteiger partial charge in [-0.2, -0.15) is 5.10 Å². The quantitative estimate of drug-likeness (QED) is 0.691. The number of nitrogens with two attached hydrogens (primary N) is 1. The van der Waals surface area contributed by atoms with Crippen molar-refractivity contribution in [3.63, 3.8) is 0 Å². The first-order chi connectivity index (χ1) is 8.24. The Morgan fingerprint density at radius 2 is 2.35 bits per heavy atom. The number of nitrogens with zero attached hydrogens (tertiary/aromatic N) is 1. The van der Waals surface area contributed by atoms with Gasteiger partial charge in [0.1, 0.15) is 0 Å². The third-order valence-electron chi connectivity index (χ3n) is 2.83. The minimum absolute atomic E-state index is 0.266. The van der Waals surface area contributed by atoms with Crippen molar-refractivity contribution >= 4 is 22.3 Å². The van der Waals surface area contributed by atoms with Crippen LogP contribution in [0.15, 0.2) is 18.3 Å². The van der Waals surface area contributed by atoms with Crippen LogP contribution in [-0.2, 0) is 4.74 Å². The average Bonchev–Trinajstić information content (AvgIpc) is 2.75. The lowest BCUT2D eigenvalue weighted by Crippen LogP contribution is -2.24. The van der Waals surface area contributed by atoms with E-state index in [2.05, 4.69) is 22.4 Å². The SMILES string of the molecule is CCC(COC)Nc1cc2[nH]ncc2cc1N. The van der Waals surface area contributed by atoms with E-state index in [0.29, 0.717) is 6.61 Å². The second kappa shape index (κ2) is 5.05. The van der Waals surface area contributed by atoms with Crippen LogP contribution in [0.25, 0.3) is 10.9 Å². The molecule has 2 aromatic rings. The van der Waals surface area contributed by atoms with Crippen molar-refractivity contribution in [2.75, 3.05) is 24.8 Å². The van der Waals surface area contributed by atoms with Crippen LogP contribution < -0.4 is 11.1 Å². The molecule has 0 radical (unpaired) electrons. The highest BCUT2D eigenvalue weighted by Gasteiger charge is 2.09. The fraction of sp³-hybridized carbons (Fsp3) is 0.417. The van der Waals surface area contributed by atoms with Crippen molar-refractivity contribution in [3.8, 4) is 0 Å². The van der Waals surface area contributed by atoms with Gasteiger partial charge in [0.05, 0.1) is 29.7 Å². The highest BCUT2D eigenvalue weighted by Crippen LogP contribution is 2.25. The Kier molecular flexibility index (Phi) is 3.49. The van der Waals surface area contributed by atoms with E-state index in [1.54, 1.807) is 13.3 Å². The number of methoxy groups -OCH3 is 1. The summed E-state index contributed by atoms with van der Waals surface area (Å²) in [4.78, 5) is 0. The summed E-state index contributed by atoms with van der Waals surface area (Å²) in [5.74, 6) is 0. The van der Waals surface area contributed by atoms with E-state index >= 15 is 0 Å². The molecule has 0 aliphatic heterocycles. The minimum Gasteiger partial charge on any atom is -0.397 e. The number of benzene rings is 1. The maximum atomic E-state index is 6.00. The van der Waals surface area contributed by atoms with Crippen LogP contribution in [0.1, 0.15) is 13.3 Å². The van der Waals surface area contributed by atoms with Crippen molar-refractivity contribution < 1.29 is 4.74 Å². The lowest BCUT2D eigenvalue weighted by molar-refractivity contribution is 0.184. The Hall–Kier alpha value is -1.75. The molecule has 17 heavy (non-hydrogen) atoms. The van der Waals surface area contributed by atoms with E-state index in [0.717, 1.165) is 28.7 Å². The summed E-state index contributed by atoms with van der Waals surface area (Å²) < 4.78 is 5.16. The molecule has 0 aliphatic rings. The number of nitrogens with one attached hydrogen (secondary N) is 2. The Morgan fingerprint density at radius 3 is 3.06 bits per heavy atom. The van der Waals surface area contributed by atoms with Gasteiger partial charge < -0.3 is 15.8 Å². The van der Waals surface area contributed by atoms with Gasteiger partial charge in [0.2, 0.25) is 0 Å². The summed E-state index contributed by atoms with van der Waals surface area (Å²) in [6.45, 7) is 2.78. The summed E-state index contributed by atoms with van der Waals surface area (Å²) in [6, 6.07) is 4.17. The van der Waals surface area contributed by atoms with E-state index in [1.807, 2.05) is 12.1 Å². The molecule has 1 aromatic carbocycles. The minimum atomic E-state index is 0.266. The van der Waals surface area contributed by atoms with Gasteiger partial charge in [0, 0.05) is 18.5 Å².